The van der Waals surface area contributed by atoms with Gasteiger partial charge in [0.25, 0.3) is 0 Å². The summed E-state index contributed by atoms with van der Waals surface area (Å²) < 4.78 is 10.3. The number of allylic oxidation sites excluding steroid dienone is 1. The highest BCUT2D eigenvalue weighted by Crippen LogP contribution is 2.23. The molecule has 0 unspecified atom stereocenters. The van der Waals surface area contributed by atoms with E-state index in [1.54, 1.807) is 6.08 Å². The van der Waals surface area contributed by atoms with Gasteiger partial charge in [-0.2, -0.15) is 0 Å². The number of esters is 1. The lowest BCUT2D eigenvalue weighted by atomic mass is 10.0. The van der Waals surface area contributed by atoms with Crippen molar-refractivity contribution in [3.63, 3.8) is 0 Å². The molecule has 0 aromatic heterocycles. The molecule has 0 fully saturated rings. The van der Waals surface area contributed by atoms with Crippen LogP contribution < -0.4 is 4.74 Å². The first-order chi connectivity index (χ1) is 9.06. The van der Waals surface area contributed by atoms with Crippen molar-refractivity contribution in [2.45, 2.75) is 39.7 Å². The van der Waals surface area contributed by atoms with Crippen molar-refractivity contribution in [2.24, 2.45) is 0 Å². The van der Waals surface area contributed by atoms with Crippen molar-refractivity contribution in [3.05, 3.63) is 35.9 Å². The third-order valence-corrected chi connectivity index (χ3v) is 2.61. The quantitative estimate of drug-likeness (QED) is 0.577. The minimum absolute atomic E-state index is 0.159. The fourth-order valence-corrected chi connectivity index (χ4v) is 1.79. The third-order valence-electron chi connectivity index (χ3n) is 2.61. The number of methoxy groups -OCH3 is 1. The average molecular weight is 262 g/mol. The number of benzene rings is 1. The Bertz CT molecular complexity index is 430. The summed E-state index contributed by atoms with van der Waals surface area (Å²) in [5, 5.41) is 0. The molecular formula is C16H22O3. The van der Waals surface area contributed by atoms with Gasteiger partial charge in [0.05, 0.1) is 13.2 Å². The predicted molar refractivity (Wildman–Crippen MR) is 77.1 cm³/mol. The minimum atomic E-state index is -0.314. The van der Waals surface area contributed by atoms with Crippen LogP contribution in [0.4, 0.5) is 0 Å². The second-order valence-corrected chi connectivity index (χ2v) is 4.63. The lowest BCUT2D eigenvalue weighted by molar-refractivity contribution is -0.134. The first-order valence-corrected chi connectivity index (χ1v) is 6.62. The van der Waals surface area contributed by atoms with E-state index in [9.17, 15) is 4.79 Å². The van der Waals surface area contributed by atoms with Gasteiger partial charge in [0.15, 0.2) is 0 Å². The van der Waals surface area contributed by atoms with Crippen LogP contribution in [0.3, 0.4) is 0 Å². The molecule has 19 heavy (non-hydrogen) atoms. The summed E-state index contributed by atoms with van der Waals surface area (Å²) >= 11 is 0. The number of carbonyl (C=O) groups excluding carboxylic acids is 1. The summed E-state index contributed by atoms with van der Waals surface area (Å²) in [6.07, 6.45) is 3.54. The van der Waals surface area contributed by atoms with E-state index in [-0.39, 0.29) is 12.1 Å². The van der Waals surface area contributed by atoms with Crippen molar-refractivity contribution < 1.29 is 14.3 Å². The average Bonchev–Trinajstić information content (AvgIpc) is 2.38. The van der Waals surface area contributed by atoms with E-state index in [4.69, 9.17) is 4.74 Å². The summed E-state index contributed by atoms with van der Waals surface area (Å²) in [6.45, 7) is 6.07. The molecule has 0 N–H and O–H groups in total. The van der Waals surface area contributed by atoms with Gasteiger partial charge >= 0.3 is 5.97 Å². The highest BCUT2D eigenvalue weighted by atomic mass is 16.5. The molecule has 0 aliphatic rings. The molecule has 1 aromatic rings. The van der Waals surface area contributed by atoms with Crippen LogP contribution in [0.5, 0.6) is 5.75 Å². The Labute approximate surface area is 115 Å². The SMILES string of the molecule is CCCC(=CC(=O)OC)c1ccc(OC(C)C)cc1. The minimum Gasteiger partial charge on any atom is -0.491 e. The van der Waals surface area contributed by atoms with Gasteiger partial charge in [0, 0.05) is 6.08 Å². The highest BCUT2D eigenvalue weighted by molar-refractivity contribution is 5.91. The molecule has 3 heteroatoms. The van der Waals surface area contributed by atoms with Gasteiger partial charge in [-0.3, -0.25) is 0 Å². The molecule has 0 spiro atoms. The van der Waals surface area contributed by atoms with Crippen molar-refractivity contribution in [1.29, 1.82) is 0 Å². The topological polar surface area (TPSA) is 35.5 Å². The molecule has 0 aliphatic carbocycles. The van der Waals surface area contributed by atoms with E-state index in [1.165, 1.54) is 7.11 Å². The Morgan fingerprint density at radius 3 is 2.37 bits per heavy atom. The maximum absolute atomic E-state index is 11.4. The Morgan fingerprint density at radius 1 is 1.26 bits per heavy atom. The van der Waals surface area contributed by atoms with E-state index in [0.717, 1.165) is 29.7 Å². The Hall–Kier alpha value is -1.77. The van der Waals surface area contributed by atoms with E-state index in [0.29, 0.717) is 0 Å². The fraction of sp³-hybridized carbons (Fsp3) is 0.438. The van der Waals surface area contributed by atoms with E-state index >= 15 is 0 Å². The van der Waals surface area contributed by atoms with Crippen molar-refractivity contribution in [2.75, 3.05) is 7.11 Å². The van der Waals surface area contributed by atoms with E-state index < -0.39 is 0 Å². The number of hydrogen-bond donors (Lipinski definition) is 0. The van der Waals surface area contributed by atoms with Crippen molar-refractivity contribution >= 4 is 11.5 Å². The zero-order valence-corrected chi connectivity index (χ0v) is 12.1. The van der Waals surface area contributed by atoms with Crippen molar-refractivity contribution in [1.82, 2.24) is 0 Å². The van der Waals surface area contributed by atoms with Gasteiger partial charge in [-0.1, -0.05) is 25.5 Å². The summed E-state index contributed by atoms with van der Waals surface area (Å²) in [5.41, 5.74) is 2.02. The monoisotopic (exact) mass is 262 g/mol. The molecule has 3 nitrogen and oxygen atoms in total. The molecule has 104 valence electrons. The Kier molecular flexibility index (Phi) is 6.13. The number of carbonyl (C=O) groups is 1. The van der Waals surface area contributed by atoms with Crippen LogP contribution in [-0.4, -0.2) is 19.2 Å². The zero-order chi connectivity index (χ0) is 14.3. The van der Waals surface area contributed by atoms with Crippen LogP contribution in [0.25, 0.3) is 5.57 Å². The van der Waals surface area contributed by atoms with Crippen LogP contribution in [0, 0.1) is 0 Å². The molecule has 0 atom stereocenters. The molecule has 1 aromatic carbocycles. The molecule has 0 saturated heterocycles. The lowest BCUT2D eigenvalue weighted by Gasteiger charge is -2.11. The van der Waals surface area contributed by atoms with Gasteiger partial charge in [-0.25, -0.2) is 4.79 Å². The van der Waals surface area contributed by atoms with Gasteiger partial charge in [-0.15, -0.1) is 0 Å². The second kappa shape index (κ2) is 7.62. The van der Waals surface area contributed by atoms with Crippen LogP contribution in [-0.2, 0) is 9.53 Å². The molecule has 1 rings (SSSR count). The van der Waals surface area contributed by atoms with Crippen LogP contribution in [0.1, 0.15) is 39.2 Å². The Balaban J connectivity index is 2.91. The normalized spacial score (nSPS) is 11.5. The molecule has 0 radical (unpaired) electrons. The zero-order valence-electron chi connectivity index (χ0n) is 12.1. The summed E-state index contributed by atoms with van der Waals surface area (Å²) in [6, 6.07) is 7.80. The number of rotatable bonds is 6. The van der Waals surface area contributed by atoms with Gasteiger partial charge in [0.2, 0.25) is 0 Å². The van der Waals surface area contributed by atoms with Gasteiger partial charge in [0.1, 0.15) is 5.75 Å². The first kappa shape index (κ1) is 15.3. The van der Waals surface area contributed by atoms with Gasteiger partial charge < -0.3 is 9.47 Å². The second-order valence-electron chi connectivity index (χ2n) is 4.63. The van der Waals surface area contributed by atoms with Gasteiger partial charge in [-0.05, 0) is 43.5 Å². The van der Waals surface area contributed by atoms with Crippen LogP contribution in [0.2, 0.25) is 0 Å². The van der Waals surface area contributed by atoms with E-state index in [2.05, 4.69) is 11.7 Å². The molecule has 0 bridgehead atoms. The standard InChI is InChI=1S/C16H22O3/c1-5-6-14(11-16(17)18-4)13-7-9-15(10-8-13)19-12(2)3/h7-12H,5-6H2,1-4H3. The van der Waals surface area contributed by atoms with Crippen LogP contribution >= 0.6 is 0 Å². The van der Waals surface area contributed by atoms with Crippen LogP contribution in [0.15, 0.2) is 30.3 Å². The highest BCUT2D eigenvalue weighted by Gasteiger charge is 2.05. The summed E-state index contributed by atoms with van der Waals surface area (Å²) in [7, 11) is 1.39. The molecular weight excluding hydrogens is 240 g/mol. The smallest absolute Gasteiger partial charge is 0.330 e. The largest absolute Gasteiger partial charge is 0.491 e. The molecule has 0 aliphatic heterocycles. The molecule has 0 heterocycles. The van der Waals surface area contributed by atoms with Crippen molar-refractivity contribution in [3.8, 4) is 5.75 Å². The maximum atomic E-state index is 11.4. The maximum Gasteiger partial charge on any atom is 0.330 e. The molecule has 0 amide bonds. The summed E-state index contributed by atoms with van der Waals surface area (Å²) in [5.74, 6) is 0.527. The first-order valence-electron chi connectivity index (χ1n) is 6.62. The lowest BCUT2D eigenvalue weighted by Crippen LogP contribution is -2.05. The fourth-order valence-electron chi connectivity index (χ4n) is 1.79. The number of ether oxygens (including phenoxy) is 2. The predicted octanol–water partition coefficient (Wildman–Crippen LogP) is 3.83. The Morgan fingerprint density at radius 2 is 1.89 bits per heavy atom. The van der Waals surface area contributed by atoms with E-state index in [1.807, 2.05) is 38.1 Å². The number of hydrogen-bond acceptors (Lipinski definition) is 3. The summed E-state index contributed by atoms with van der Waals surface area (Å²) in [4.78, 5) is 11.4. The molecule has 0 saturated carbocycles. The third kappa shape index (κ3) is 5.16.